The van der Waals surface area contributed by atoms with Crippen LogP contribution in [0.1, 0.15) is 6.42 Å². The van der Waals surface area contributed by atoms with Gasteiger partial charge in [0.15, 0.2) is 0 Å². The minimum absolute atomic E-state index is 0.0471. The number of benzene rings is 1. The fourth-order valence-electron chi connectivity index (χ4n) is 1.95. The van der Waals surface area contributed by atoms with Gasteiger partial charge < -0.3 is 4.90 Å². The maximum Gasteiger partial charge on any atom is 0.237 e. The molecule has 0 N–H and O–H groups in total. The van der Waals surface area contributed by atoms with E-state index in [1.165, 1.54) is 16.7 Å². The molecule has 18 heavy (non-hydrogen) atoms. The molecule has 1 aromatic carbocycles. The molecule has 0 aliphatic carbocycles. The van der Waals surface area contributed by atoms with Crippen molar-refractivity contribution in [3.8, 4) is 0 Å². The highest BCUT2D eigenvalue weighted by atomic mass is 35.7. The molecule has 1 aliphatic heterocycles. The maximum absolute atomic E-state index is 11.9. The lowest BCUT2D eigenvalue weighted by Gasteiger charge is -2.19. The normalized spacial score (nSPS) is 20.4. The third kappa shape index (κ3) is 2.65. The van der Waals surface area contributed by atoms with Gasteiger partial charge in [-0.25, -0.2) is 8.42 Å². The Labute approximate surface area is 115 Å². The Morgan fingerprint density at radius 2 is 2.06 bits per heavy atom. The highest BCUT2D eigenvalue weighted by Gasteiger charge is 2.38. The van der Waals surface area contributed by atoms with Gasteiger partial charge in [-0.2, -0.15) is 0 Å². The van der Waals surface area contributed by atoms with Crippen LogP contribution in [-0.2, 0) is 13.8 Å². The summed E-state index contributed by atoms with van der Waals surface area (Å²) in [4.78, 5) is 14.3. The predicted molar refractivity (Wildman–Crippen MR) is 73.8 cm³/mol. The third-order valence-electron chi connectivity index (χ3n) is 2.86. The van der Waals surface area contributed by atoms with E-state index in [2.05, 4.69) is 0 Å². The number of rotatable bonds is 3. The minimum atomic E-state index is -3.69. The Bertz CT molecular complexity index is 573. The molecule has 1 unspecified atom stereocenters. The zero-order valence-corrected chi connectivity index (χ0v) is 12.1. The van der Waals surface area contributed by atoms with Crippen molar-refractivity contribution in [2.45, 2.75) is 16.6 Å². The van der Waals surface area contributed by atoms with Gasteiger partial charge in [-0.1, -0.05) is 12.1 Å². The number of carbonyl (C=O) groups excluding carboxylic acids is 1. The van der Waals surface area contributed by atoms with Gasteiger partial charge in [0.1, 0.15) is 5.25 Å². The van der Waals surface area contributed by atoms with Gasteiger partial charge in [0.25, 0.3) is 0 Å². The Morgan fingerprint density at radius 3 is 2.61 bits per heavy atom. The van der Waals surface area contributed by atoms with E-state index in [1.54, 1.807) is 0 Å². The van der Waals surface area contributed by atoms with Crippen molar-refractivity contribution in [2.75, 3.05) is 17.7 Å². The Morgan fingerprint density at radius 1 is 1.39 bits per heavy atom. The monoisotopic (exact) mass is 305 g/mol. The van der Waals surface area contributed by atoms with Crippen LogP contribution in [0.4, 0.5) is 5.69 Å². The van der Waals surface area contributed by atoms with Crippen LogP contribution in [0.15, 0.2) is 29.2 Å². The van der Waals surface area contributed by atoms with Crippen molar-refractivity contribution in [3.63, 3.8) is 0 Å². The van der Waals surface area contributed by atoms with Crippen LogP contribution in [0, 0.1) is 0 Å². The molecule has 1 fully saturated rings. The van der Waals surface area contributed by atoms with Crippen molar-refractivity contribution in [3.05, 3.63) is 24.3 Å². The molecule has 1 heterocycles. The Kier molecular flexibility index (Phi) is 3.89. The fourth-order valence-corrected chi connectivity index (χ4v) is 3.58. The van der Waals surface area contributed by atoms with E-state index < -0.39 is 14.3 Å². The molecule has 0 radical (unpaired) electrons. The second-order valence-corrected chi connectivity index (χ2v) is 7.73. The molecule has 0 bridgehead atoms. The first-order chi connectivity index (χ1) is 8.43. The zero-order chi connectivity index (χ0) is 13.3. The van der Waals surface area contributed by atoms with Crippen molar-refractivity contribution in [1.82, 2.24) is 0 Å². The lowest BCUT2D eigenvalue weighted by atomic mass is 10.3. The molecule has 7 heteroatoms. The summed E-state index contributed by atoms with van der Waals surface area (Å²) in [5, 5.41) is -0.818. The van der Waals surface area contributed by atoms with Gasteiger partial charge in [0.05, 0.1) is 5.69 Å². The summed E-state index contributed by atoms with van der Waals surface area (Å²) in [5.41, 5.74) is 0.748. The van der Waals surface area contributed by atoms with E-state index in [1.807, 2.05) is 30.5 Å². The van der Waals surface area contributed by atoms with Crippen LogP contribution in [0.2, 0.25) is 0 Å². The number of hydrogen-bond acceptors (Lipinski definition) is 4. The van der Waals surface area contributed by atoms with E-state index in [-0.39, 0.29) is 18.9 Å². The third-order valence-corrected chi connectivity index (χ3v) is 5.52. The number of carbonyl (C=O) groups is 1. The number of para-hydroxylation sites is 1. The molecule has 1 saturated heterocycles. The van der Waals surface area contributed by atoms with Crippen LogP contribution in [0.3, 0.4) is 0 Å². The first-order valence-corrected chi connectivity index (χ1v) is 8.90. The number of nitrogens with zero attached hydrogens (tertiary/aromatic N) is 1. The van der Waals surface area contributed by atoms with Crippen molar-refractivity contribution >= 4 is 43.1 Å². The van der Waals surface area contributed by atoms with Crippen molar-refractivity contribution in [2.24, 2.45) is 0 Å². The minimum Gasteiger partial charge on any atom is -0.310 e. The molecular weight excluding hydrogens is 294 g/mol. The second-order valence-electron chi connectivity index (χ2n) is 3.98. The molecule has 1 atom stereocenters. The smallest absolute Gasteiger partial charge is 0.237 e. The second kappa shape index (κ2) is 5.11. The van der Waals surface area contributed by atoms with Crippen LogP contribution >= 0.6 is 22.4 Å². The molecule has 0 aromatic heterocycles. The number of halogens is 1. The van der Waals surface area contributed by atoms with Crippen molar-refractivity contribution < 1.29 is 13.2 Å². The highest BCUT2D eigenvalue weighted by Crippen LogP contribution is 2.33. The largest absolute Gasteiger partial charge is 0.310 e. The summed E-state index contributed by atoms with van der Waals surface area (Å²) >= 11 is 1.52. The van der Waals surface area contributed by atoms with Gasteiger partial charge in [-0.3, -0.25) is 4.79 Å². The maximum atomic E-state index is 11.9. The zero-order valence-electron chi connectivity index (χ0n) is 9.67. The summed E-state index contributed by atoms with van der Waals surface area (Å²) in [6.07, 6.45) is 1.86. The molecule has 2 rings (SSSR count). The lowest BCUT2D eigenvalue weighted by molar-refractivity contribution is -0.117. The summed E-state index contributed by atoms with van der Waals surface area (Å²) in [6, 6.07) is 7.42. The Hall–Kier alpha value is -0.720. The first kappa shape index (κ1) is 13.7. The average Bonchev–Trinajstić information content (AvgIpc) is 2.71. The van der Waals surface area contributed by atoms with E-state index in [0.717, 1.165) is 10.6 Å². The van der Waals surface area contributed by atoms with Gasteiger partial charge in [0, 0.05) is 28.5 Å². The van der Waals surface area contributed by atoms with Crippen molar-refractivity contribution in [1.29, 1.82) is 0 Å². The van der Waals surface area contributed by atoms with E-state index >= 15 is 0 Å². The van der Waals surface area contributed by atoms with E-state index in [0.29, 0.717) is 0 Å². The summed E-state index contributed by atoms with van der Waals surface area (Å²) in [7, 11) is 1.63. The molecule has 4 nitrogen and oxygen atoms in total. The molecule has 1 aliphatic rings. The predicted octanol–water partition coefficient (Wildman–Crippen LogP) is 2.08. The summed E-state index contributed by atoms with van der Waals surface area (Å²) < 4.78 is 22.6. The molecular formula is C11H12ClNO3S2. The quantitative estimate of drug-likeness (QED) is 0.634. The topological polar surface area (TPSA) is 54.5 Å². The van der Waals surface area contributed by atoms with E-state index in [9.17, 15) is 13.2 Å². The van der Waals surface area contributed by atoms with Gasteiger partial charge in [0.2, 0.25) is 15.0 Å². The molecule has 0 spiro atoms. The number of amides is 1. The molecule has 1 amide bonds. The van der Waals surface area contributed by atoms with Gasteiger partial charge >= 0.3 is 0 Å². The average molecular weight is 306 g/mol. The molecule has 0 saturated carbocycles. The van der Waals surface area contributed by atoms with Crippen LogP contribution in [-0.4, -0.2) is 32.4 Å². The van der Waals surface area contributed by atoms with Gasteiger partial charge in [-0.05, 0) is 18.4 Å². The number of hydrogen-bond donors (Lipinski definition) is 0. The molecule has 98 valence electrons. The SMILES string of the molecule is CSc1ccccc1N1CC(S(=O)(=O)Cl)CC1=O. The first-order valence-electron chi connectivity index (χ1n) is 5.30. The van der Waals surface area contributed by atoms with Crippen LogP contribution < -0.4 is 4.90 Å². The highest BCUT2D eigenvalue weighted by molar-refractivity contribution is 8.14. The Balaban J connectivity index is 2.33. The summed E-state index contributed by atoms with van der Waals surface area (Å²) in [5.74, 6) is -0.203. The summed E-state index contributed by atoms with van der Waals surface area (Å²) in [6.45, 7) is 0.127. The molecule has 1 aromatic rings. The lowest BCUT2D eigenvalue weighted by Crippen LogP contribution is -2.27. The standard InChI is InChI=1S/C11H12ClNO3S2/c1-17-10-5-3-2-4-9(10)13-7-8(6-11(13)14)18(12,15)16/h2-5,8H,6-7H2,1H3. The number of thioether (sulfide) groups is 1. The van der Waals surface area contributed by atoms with Crippen LogP contribution in [0.25, 0.3) is 0 Å². The van der Waals surface area contributed by atoms with Crippen LogP contribution in [0.5, 0.6) is 0 Å². The van der Waals surface area contributed by atoms with E-state index in [4.69, 9.17) is 10.7 Å². The fraction of sp³-hybridized carbons (Fsp3) is 0.364. The number of anilines is 1. The van der Waals surface area contributed by atoms with Gasteiger partial charge in [-0.15, -0.1) is 11.8 Å².